The maximum Gasteiger partial charge on any atom is 0.358 e. The van der Waals surface area contributed by atoms with E-state index < -0.39 is 5.97 Å². The number of benzene rings is 1. The first kappa shape index (κ1) is 17.9. The van der Waals surface area contributed by atoms with E-state index in [1.54, 1.807) is 39.5 Å². The summed E-state index contributed by atoms with van der Waals surface area (Å²) in [5.74, 6) is 1.38. The van der Waals surface area contributed by atoms with Crippen LogP contribution in [0.2, 0.25) is 0 Å². The molecule has 0 unspecified atom stereocenters. The van der Waals surface area contributed by atoms with Gasteiger partial charge in [0.1, 0.15) is 17.4 Å². The molecule has 8 heteroatoms. The van der Waals surface area contributed by atoms with Crippen LogP contribution in [0.15, 0.2) is 28.1 Å². The highest BCUT2D eigenvalue weighted by molar-refractivity contribution is 7.13. The molecule has 1 aromatic carbocycles. The van der Waals surface area contributed by atoms with Crippen molar-refractivity contribution in [3.05, 3.63) is 46.3 Å². The number of carbonyl (C=O) groups excluding carboxylic acids is 1. The number of aromatic nitrogens is 2. The number of rotatable bonds is 6. The quantitative estimate of drug-likeness (QED) is 0.607. The van der Waals surface area contributed by atoms with Crippen LogP contribution < -0.4 is 9.47 Å². The van der Waals surface area contributed by atoms with E-state index in [1.807, 2.05) is 12.1 Å². The fourth-order valence-corrected chi connectivity index (χ4v) is 3.18. The molecule has 0 amide bonds. The Kier molecular flexibility index (Phi) is 5.22. The fourth-order valence-electron chi connectivity index (χ4n) is 2.39. The second-order valence-electron chi connectivity index (χ2n) is 5.49. The number of hydrogen-bond donors (Lipinski definition) is 0. The lowest BCUT2D eigenvalue weighted by atomic mass is 10.2. The van der Waals surface area contributed by atoms with Gasteiger partial charge in [0.05, 0.1) is 25.5 Å². The summed E-state index contributed by atoms with van der Waals surface area (Å²) >= 11 is 1.35. The molecule has 0 saturated carbocycles. The molecular formula is C18H18N2O5S. The summed E-state index contributed by atoms with van der Waals surface area (Å²) in [7, 11) is 3.15. The van der Waals surface area contributed by atoms with E-state index in [0.29, 0.717) is 28.0 Å². The number of hydrogen-bond acceptors (Lipinski definition) is 8. The average molecular weight is 374 g/mol. The number of esters is 1. The topological polar surface area (TPSA) is 83.7 Å². The van der Waals surface area contributed by atoms with E-state index in [9.17, 15) is 4.79 Å². The van der Waals surface area contributed by atoms with Gasteiger partial charge < -0.3 is 18.7 Å². The van der Waals surface area contributed by atoms with Gasteiger partial charge in [-0.3, -0.25) is 0 Å². The number of ether oxygens (including phenoxy) is 3. The lowest BCUT2D eigenvalue weighted by molar-refractivity contribution is 0.0465. The third-order valence-electron chi connectivity index (χ3n) is 3.87. The Labute approximate surface area is 154 Å². The molecule has 0 aliphatic carbocycles. The fraction of sp³-hybridized carbons (Fsp3) is 0.278. The summed E-state index contributed by atoms with van der Waals surface area (Å²) in [5, 5.41) is 6.20. The summed E-state index contributed by atoms with van der Waals surface area (Å²) in [5.41, 5.74) is 2.57. The van der Waals surface area contributed by atoms with E-state index in [0.717, 1.165) is 11.1 Å². The van der Waals surface area contributed by atoms with Gasteiger partial charge in [-0.2, -0.15) is 0 Å². The Morgan fingerprint density at radius 2 is 1.96 bits per heavy atom. The van der Waals surface area contributed by atoms with Gasteiger partial charge in [-0.1, -0.05) is 5.16 Å². The smallest absolute Gasteiger partial charge is 0.358 e. The Morgan fingerprint density at radius 3 is 2.62 bits per heavy atom. The highest BCUT2D eigenvalue weighted by Crippen LogP contribution is 2.33. The van der Waals surface area contributed by atoms with Gasteiger partial charge in [0.15, 0.2) is 17.2 Å². The van der Waals surface area contributed by atoms with Crippen molar-refractivity contribution in [2.24, 2.45) is 0 Å². The largest absolute Gasteiger partial charge is 0.493 e. The summed E-state index contributed by atoms with van der Waals surface area (Å²) < 4.78 is 20.9. The zero-order valence-electron chi connectivity index (χ0n) is 14.9. The van der Waals surface area contributed by atoms with Gasteiger partial charge in [0.2, 0.25) is 0 Å². The van der Waals surface area contributed by atoms with E-state index in [2.05, 4.69) is 10.1 Å². The second-order valence-corrected chi connectivity index (χ2v) is 6.34. The van der Waals surface area contributed by atoms with E-state index in [1.165, 1.54) is 11.3 Å². The van der Waals surface area contributed by atoms with Crippen LogP contribution in [0.25, 0.3) is 10.6 Å². The van der Waals surface area contributed by atoms with Crippen LogP contribution in [-0.4, -0.2) is 30.3 Å². The minimum absolute atomic E-state index is 0.100. The van der Waals surface area contributed by atoms with Crippen molar-refractivity contribution in [1.29, 1.82) is 0 Å². The monoisotopic (exact) mass is 374 g/mol. The van der Waals surface area contributed by atoms with E-state index >= 15 is 0 Å². The molecule has 0 bridgehead atoms. The first-order chi connectivity index (χ1) is 12.5. The lowest BCUT2D eigenvalue weighted by Crippen LogP contribution is -2.06. The third-order valence-corrected chi connectivity index (χ3v) is 4.76. The maximum atomic E-state index is 12.3. The molecule has 0 aliphatic rings. The van der Waals surface area contributed by atoms with Crippen molar-refractivity contribution in [3.63, 3.8) is 0 Å². The molecule has 0 atom stereocenters. The molecule has 0 radical (unpaired) electrons. The lowest BCUT2D eigenvalue weighted by Gasteiger charge is -2.08. The summed E-state index contributed by atoms with van der Waals surface area (Å²) in [6.07, 6.45) is 0. The highest BCUT2D eigenvalue weighted by atomic mass is 32.1. The van der Waals surface area contributed by atoms with Gasteiger partial charge in [-0.05, 0) is 32.0 Å². The van der Waals surface area contributed by atoms with Crippen LogP contribution in [0.3, 0.4) is 0 Å². The van der Waals surface area contributed by atoms with Crippen molar-refractivity contribution in [2.45, 2.75) is 20.5 Å². The third kappa shape index (κ3) is 3.55. The number of carbonyl (C=O) groups is 1. The SMILES string of the molecule is COc1ccc(-c2nc(C(=O)OCc3c(C)noc3C)cs2)cc1OC. The molecule has 136 valence electrons. The van der Waals surface area contributed by atoms with Crippen LogP contribution in [0.1, 0.15) is 27.5 Å². The predicted octanol–water partition coefficient (Wildman–Crippen LogP) is 3.79. The van der Waals surface area contributed by atoms with E-state index in [4.69, 9.17) is 18.7 Å². The molecule has 0 spiro atoms. The van der Waals surface area contributed by atoms with Crippen LogP contribution in [0.4, 0.5) is 0 Å². The minimum atomic E-state index is -0.493. The Hall–Kier alpha value is -2.87. The van der Waals surface area contributed by atoms with Crippen LogP contribution in [0, 0.1) is 13.8 Å². The Morgan fingerprint density at radius 1 is 1.19 bits per heavy atom. The normalized spacial score (nSPS) is 10.6. The van der Waals surface area contributed by atoms with Gasteiger partial charge in [0, 0.05) is 10.9 Å². The molecule has 7 nitrogen and oxygen atoms in total. The summed E-state index contributed by atoms with van der Waals surface area (Å²) in [4.78, 5) is 16.6. The van der Waals surface area contributed by atoms with Gasteiger partial charge in [-0.25, -0.2) is 9.78 Å². The van der Waals surface area contributed by atoms with Crippen LogP contribution in [0.5, 0.6) is 11.5 Å². The first-order valence-electron chi connectivity index (χ1n) is 7.80. The molecule has 0 saturated heterocycles. The first-order valence-corrected chi connectivity index (χ1v) is 8.68. The van der Waals surface area contributed by atoms with Crippen molar-refractivity contribution < 1.29 is 23.5 Å². The Bertz CT molecular complexity index is 912. The molecular weight excluding hydrogens is 356 g/mol. The molecule has 0 N–H and O–H groups in total. The molecule has 2 heterocycles. The number of aryl methyl sites for hydroxylation is 2. The zero-order chi connectivity index (χ0) is 18.7. The number of nitrogens with zero attached hydrogens (tertiary/aromatic N) is 2. The molecule has 26 heavy (non-hydrogen) atoms. The zero-order valence-corrected chi connectivity index (χ0v) is 15.7. The van der Waals surface area contributed by atoms with E-state index in [-0.39, 0.29) is 12.3 Å². The molecule has 0 aliphatic heterocycles. The summed E-state index contributed by atoms with van der Waals surface area (Å²) in [6, 6.07) is 5.47. The van der Waals surface area contributed by atoms with Gasteiger partial charge >= 0.3 is 5.97 Å². The van der Waals surface area contributed by atoms with Crippen molar-refractivity contribution in [1.82, 2.24) is 10.1 Å². The molecule has 3 aromatic rings. The highest BCUT2D eigenvalue weighted by Gasteiger charge is 2.17. The van der Waals surface area contributed by atoms with Gasteiger partial charge in [0.25, 0.3) is 0 Å². The van der Waals surface area contributed by atoms with Crippen molar-refractivity contribution in [2.75, 3.05) is 14.2 Å². The molecule has 0 fully saturated rings. The van der Waals surface area contributed by atoms with Crippen molar-refractivity contribution >= 4 is 17.3 Å². The van der Waals surface area contributed by atoms with Crippen LogP contribution >= 0.6 is 11.3 Å². The number of methoxy groups -OCH3 is 2. The maximum absolute atomic E-state index is 12.3. The standard InChI is InChI=1S/C18H18N2O5S/c1-10-13(11(2)25-20-10)8-24-18(21)14-9-26-17(19-14)12-5-6-15(22-3)16(7-12)23-4/h5-7,9H,8H2,1-4H3. The number of thiazole rings is 1. The second kappa shape index (κ2) is 7.57. The molecule has 3 rings (SSSR count). The predicted molar refractivity (Wildman–Crippen MR) is 95.8 cm³/mol. The molecule has 2 aromatic heterocycles. The minimum Gasteiger partial charge on any atom is -0.493 e. The van der Waals surface area contributed by atoms with Crippen LogP contribution in [-0.2, 0) is 11.3 Å². The van der Waals surface area contributed by atoms with Gasteiger partial charge in [-0.15, -0.1) is 11.3 Å². The Balaban J connectivity index is 1.74. The van der Waals surface area contributed by atoms with Crippen molar-refractivity contribution in [3.8, 4) is 22.1 Å². The summed E-state index contributed by atoms with van der Waals surface area (Å²) in [6.45, 7) is 3.68. The average Bonchev–Trinajstić information content (AvgIpc) is 3.27.